The monoisotopic (exact) mass is 515 g/mol. The number of benzene rings is 1. The van der Waals surface area contributed by atoms with Gasteiger partial charge >= 0.3 is 5.97 Å². The Hall–Kier alpha value is -2.33. The van der Waals surface area contributed by atoms with E-state index in [9.17, 15) is 4.79 Å². The number of hydrogen-bond acceptors (Lipinski definition) is 5. The van der Waals surface area contributed by atoms with Crippen LogP contribution >= 0.6 is 11.6 Å². The molecule has 1 aromatic heterocycles. The topological polar surface area (TPSA) is 57.7 Å². The van der Waals surface area contributed by atoms with Gasteiger partial charge in [-0.15, -0.1) is 12.3 Å². The quantitative estimate of drug-likeness (QED) is 0.136. The highest BCUT2D eigenvalue weighted by Gasteiger charge is 2.41. The van der Waals surface area contributed by atoms with Crippen LogP contribution in [0.5, 0.6) is 5.75 Å². The molecule has 0 fully saturated rings. The highest BCUT2D eigenvalue weighted by Crippen LogP contribution is 2.43. The minimum Gasteiger partial charge on any atom is -0.497 e. The predicted molar refractivity (Wildman–Crippen MR) is 144 cm³/mol. The van der Waals surface area contributed by atoms with Gasteiger partial charge in [-0.2, -0.15) is 0 Å². The molecule has 35 heavy (non-hydrogen) atoms. The average molecular weight is 516 g/mol. The second-order valence-electron chi connectivity index (χ2n) is 10.4. The molecule has 0 aliphatic rings. The van der Waals surface area contributed by atoms with Gasteiger partial charge in [-0.25, -0.2) is 4.98 Å². The van der Waals surface area contributed by atoms with E-state index in [0.29, 0.717) is 18.0 Å². The summed E-state index contributed by atoms with van der Waals surface area (Å²) in [6, 6.07) is 9.45. The van der Waals surface area contributed by atoms with Crippen molar-refractivity contribution in [1.82, 2.24) is 4.98 Å². The Morgan fingerprint density at radius 3 is 2.43 bits per heavy atom. The van der Waals surface area contributed by atoms with E-state index in [-0.39, 0.29) is 36.1 Å². The first-order valence-electron chi connectivity index (χ1n) is 11.9. The molecule has 2 rings (SSSR count). The summed E-state index contributed by atoms with van der Waals surface area (Å²) < 4.78 is 17.7. The maximum atomic E-state index is 13.0. The number of aromatic nitrogens is 1. The molecule has 7 heteroatoms. The van der Waals surface area contributed by atoms with Gasteiger partial charge in [0.2, 0.25) is 0 Å². The zero-order valence-electron chi connectivity index (χ0n) is 22.0. The highest BCUT2D eigenvalue weighted by atomic mass is 35.5. The Labute approximate surface area is 216 Å². The second-order valence-corrected chi connectivity index (χ2v) is 15.5. The Kier molecular flexibility index (Phi) is 10.4. The van der Waals surface area contributed by atoms with E-state index in [1.807, 2.05) is 37.3 Å². The largest absolute Gasteiger partial charge is 0.497 e. The van der Waals surface area contributed by atoms with Gasteiger partial charge in [-0.05, 0) is 72.3 Å². The number of esters is 1. The van der Waals surface area contributed by atoms with Crippen LogP contribution in [0.1, 0.15) is 62.8 Å². The van der Waals surface area contributed by atoms with Gasteiger partial charge in [0.05, 0.1) is 19.6 Å². The molecule has 2 atom stereocenters. The van der Waals surface area contributed by atoms with Gasteiger partial charge in [0.25, 0.3) is 0 Å². The van der Waals surface area contributed by atoms with Crippen molar-refractivity contribution in [3.63, 3.8) is 0 Å². The van der Waals surface area contributed by atoms with Crippen LogP contribution in [0.25, 0.3) is 0 Å². The van der Waals surface area contributed by atoms with Crippen molar-refractivity contribution >= 4 is 25.9 Å². The summed E-state index contributed by atoms with van der Waals surface area (Å²) in [4.78, 5) is 17.3. The minimum atomic E-state index is -2.19. The first kappa shape index (κ1) is 28.9. The Balaban J connectivity index is 2.29. The average Bonchev–Trinajstić information content (AvgIpc) is 2.80. The van der Waals surface area contributed by atoms with Crippen LogP contribution in [0, 0.1) is 25.2 Å². The fraction of sp³-hybridized carbons (Fsp3) is 0.500. The molecule has 0 radical (unpaired) electrons. The molecule has 0 bridgehead atoms. The molecule has 0 amide bonds. The molecular formula is C28H38ClNO4Si. The molecule has 0 aliphatic carbocycles. The molecule has 0 aliphatic heterocycles. The standard InChI is InChI=1S/C28H38ClNO4Si/c1-9-10-11-22(17-25(31)33-19-21-12-14-24(32-6)15-13-21)26(34-35(7,8)28(3,4)5)23-16-20(2)27(29)30-18-23/h1,12-16,18,22,26H,10-11,17,19H2,2-8H3/t22-,26-/m0/s1. The van der Waals surface area contributed by atoms with E-state index in [2.05, 4.69) is 44.8 Å². The maximum Gasteiger partial charge on any atom is 0.306 e. The van der Waals surface area contributed by atoms with E-state index < -0.39 is 8.32 Å². The lowest BCUT2D eigenvalue weighted by molar-refractivity contribution is -0.147. The maximum absolute atomic E-state index is 13.0. The van der Waals surface area contributed by atoms with Gasteiger partial charge in [0.1, 0.15) is 17.5 Å². The number of nitrogens with zero attached hydrogens (tertiary/aromatic N) is 1. The van der Waals surface area contributed by atoms with Gasteiger partial charge in [-0.1, -0.05) is 44.5 Å². The summed E-state index contributed by atoms with van der Waals surface area (Å²) in [5, 5.41) is 0.449. The normalized spacial score (nSPS) is 13.6. The number of hydrogen-bond donors (Lipinski definition) is 0. The number of aryl methyl sites for hydroxylation is 1. The van der Waals surface area contributed by atoms with E-state index in [1.54, 1.807) is 13.3 Å². The van der Waals surface area contributed by atoms with Crippen LogP contribution in [0.4, 0.5) is 0 Å². The van der Waals surface area contributed by atoms with Crippen molar-refractivity contribution in [1.29, 1.82) is 0 Å². The second kappa shape index (κ2) is 12.6. The summed E-state index contributed by atoms with van der Waals surface area (Å²) in [5.74, 6) is 3.02. The number of rotatable bonds is 11. The van der Waals surface area contributed by atoms with Crippen LogP contribution in [0.15, 0.2) is 36.5 Å². The molecule has 0 spiro atoms. The predicted octanol–water partition coefficient (Wildman–Crippen LogP) is 7.28. The summed E-state index contributed by atoms with van der Waals surface area (Å²) in [7, 11) is -0.575. The van der Waals surface area contributed by atoms with Gasteiger partial charge in [0.15, 0.2) is 8.32 Å². The van der Waals surface area contributed by atoms with Crippen molar-refractivity contribution in [3.05, 3.63) is 58.4 Å². The Morgan fingerprint density at radius 2 is 1.89 bits per heavy atom. The number of halogens is 1. The van der Waals surface area contributed by atoms with E-state index >= 15 is 0 Å². The minimum absolute atomic E-state index is 0.00824. The molecule has 1 aromatic carbocycles. The fourth-order valence-corrected chi connectivity index (χ4v) is 4.87. The van der Waals surface area contributed by atoms with E-state index in [4.69, 9.17) is 31.9 Å². The number of carbonyl (C=O) groups excluding carboxylic acids is 1. The number of pyridine rings is 1. The first-order chi connectivity index (χ1) is 16.4. The van der Waals surface area contributed by atoms with Crippen molar-refractivity contribution < 1.29 is 18.7 Å². The lowest BCUT2D eigenvalue weighted by Gasteiger charge is -2.41. The zero-order chi connectivity index (χ0) is 26.2. The Morgan fingerprint density at radius 1 is 1.23 bits per heavy atom. The number of carbonyl (C=O) groups is 1. The van der Waals surface area contributed by atoms with Gasteiger partial charge in [-0.3, -0.25) is 4.79 Å². The molecule has 0 saturated heterocycles. The van der Waals surface area contributed by atoms with Crippen LogP contribution in [-0.4, -0.2) is 26.4 Å². The molecular weight excluding hydrogens is 478 g/mol. The zero-order valence-corrected chi connectivity index (χ0v) is 23.7. The molecule has 0 unspecified atom stereocenters. The third-order valence-corrected chi connectivity index (χ3v) is 11.5. The third kappa shape index (κ3) is 8.38. The number of terminal acetylenes is 1. The van der Waals surface area contributed by atoms with Crippen molar-refractivity contribution in [2.75, 3.05) is 7.11 Å². The highest BCUT2D eigenvalue weighted by molar-refractivity contribution is 6.74. The third-order valence-electron chi connectivity index (χ3n) is 6.67. The fourth-order valence-electron chi connectivity index (χ4n) is 3.45. The van der Waals surface area contributed by atoms with Gasteiger partial charge < -0.3 is 13.9 Å². The Bertz CT molecular complexity index is 1020. The summed E-state index contributed by atoms with van der Waals surface area (Å²) in [5.41, 5.74) is 2.67. The van der Waals surface area contributed by atoms with Crippen LogP contribution < -0.4 is 4.74 Å². The summed E-state index contributed by atoms with van der Waals surface area (Å²) in [6.07, 6.45) is 8.37. The lowest BCUT2D eigenvalue weighted by atomic mass is 9.89. The molecule has 1 heterocycles. The molecule has 5 nitrogen and oxygen atoms in total. The van der Waals surface area contributed by atoms with Crippen LogP contribution in [0.3, 0.4) is 0 Å². The molecule has 2 aromatic rings. The molecule has 0 saturated carbocycles. The molecule has 190 valence electrons. The summed E-state index contributed by atoms with van der Waals surface area (Å²) in [6.45, 7) is 13.1. The van der Waals surface area contributed by atoms with Gasteiger partial charge in [0, 0.05) is 12.6 Å². The van der Waals surface area contributed by atoms with Crippen LogP contribution in [-0.2, 0) is 20.6 Å². The number of ether oxygens (including phenoxy) is 2. The smallest absolute Gasteiger partial charge is 0.306 e. The lowest BCUT2D eigenvalue weighted by Crippen LogP contribution is -2.43. The molecule has 0 N–H and O–H groups in total. The summed E-state index contributed by atoms with van der Waals surface area (Å²) >= 11 is 6.21. The van der Waals surface area contributed by atoms with Crippen molar-refractivity contribution in [3.8, 4) is 18.1 Å². The number of methoxy groups -OCH3 is 1. The van der Waals surface area contributed by atoms with Crippen molar-refractivity contribution in [2.24, 2.45) is 5.92 Å². The SMILES string of the molecule is C#CCC[C@@H](CC(=O)OCc1ccc(OC)cc1)[C@H](O[Si](C)(C)C(C)(C)C)c1cnc(Cl)c(C)c1. The van der Waals surface area contributed by atoms with E-state index in [0.717, 1.165) is 22.4 Å². The first-order valence-corrected chi connectivity index (χ1v) is 15.2. The van der Waals surface area contributed by atoms with Crippen molar-refractivity contribution in [2.45, 2.75) is 77.8 Å². The van der Waals surface area contributed by atoms with E-state index in [1.165, 1.54) is 0 Å². The van der Waals surface area contributed by atoms with Crippen LogP contribution in [0.2, 0.25) is 23.3 Å².